The zero-order valence-electron chi connectivity index (χ0n) is 12.7. The maximum atomic E-state index is 13.0. The molecule has 1 aliphatic carbocycles. The zero-order valence-corrected chi connectivity index (χ0v) is 12.7. The second-order valence-corrected chi connectivity index (χ2v) is 6.00. The smallest absolute Gasteiger partial charge is 0.313 e. The lowest BCUT2D eigenvalue weighted by Crippen LogP contribution is -2.45. The highest BCUT2D eigenvalue weighted by Gasteiger charge is 2.45. The SMILES string of the molecule is Cc1cc(C)n(CCCNC2CCCCC2C(F)(F)F)n1. The van der Waals surface area contributed by atoms with Gasteiger partial charge in [0.2, 0.25) is 0 Å². The van der Waals surface area contributed by atoms with Crippen LogP contribution in [0.1, 0.15) is 43.5 Å². The minimum absolute atomic E-state index is 0.263. The molecule has 1 N–H and O–H groups in total. The summed E-state index contributed by atoms with van der Waals surface area (Å²) in [5.74, 6) is -1.18. The number of nitrogens with one attached hydrogen (secondary N) is 1. The molecule has 0 aliphatic heterocycles. The second kappa shape index (κ2) is 6.81. The molecule has 3 nitrogen and oxygen atoms in total. The summed E-state index contributed by atoms with van der Waals surface area (Å²) in [4.78, 5) is 0. The molecule has 21 heavy (non-hydrogen) atoms. The van der Waals surface area contributed by atoms with Gasteiger partial charge in [0.05, 0.1) is 11.6 Å². The van der Waals surface area contributed by atoms with E-state index in [9.17, 15) is 13.2 Å². The van der Waals surface area contributed by atoms with Crippen LogP contribution in [-0.2, 0) is 6.54 Å². The number of rotatable bonds is 5. The second-order valence-electron chi connectivity index (χ2n) is 6.00. The summed E-state index contributed by atoms with van der Waals surface area (Å²) in [5, 5.41) is 7.47. The van der Waals surface area contributed by atoms with E-state index in [0.29, 0.717) is 19.4 Å². The fraction of sp³-hybridized carbons (Fsp3) is 0.800. The zero-order chi connectivity index (χ0) is 15.5. The van der Waals surface area contributed by atoms with Gasteiger partial charge in [0.1, 0.15) is 0 Å². The van der Waals surface area contributed by atoms with E-state index in [4.69, 9.17) is 0 Å². The molecule has 1 fully saturated rings. The third kappa shape index (κ3) is 4.46. The molecule has 1 aliphatic rings. The minimum atomic E-state index is -4.08. The molecule has 2 unspecified atom stereocenters. The normalized spacial score (nSPS) is 23.5. The average Bonchev–Trinajstić information content (AvgIpc) is 2.72. The summed E-state index contributed by atoms with van der Waals surface area (Å²) in [6.45, 7) is 5.29. The molecule has 1 saturated carbocycles. The Morgan fingerprint density at radius 3 is 2.62 bits per heavy atom. The van der Waals surface area contributed by atoms with E-state index in [1.807, 2.05) is 24.6 Å². The van der Waals surface area contributed by atoms with Gasteiger partial charge in [-0.2, -0.15) is 18.3 Å². The van der Waals surface area contributed by atoms with Gasteiger partial charge in [-0.1, -0.05) is 12.8 Å². The number of aryl methyl sites for hydroxylation is 3. The molecule has 1 aromatic heterocycles. The van der Waals surface area contributed by atoms with Crippen molar-refractivity contribution in [2.45, 2.75) is 64.7 Å². The van der Waals surface area contributed by atoms with Crippen molar-refractivity contribution in [3.05, 3.63) is 17.5 Å². The largest absolute Gasteiger partial charge is 0.393 e. The third-order valence-corrected chi connectivity index (χ3v) is 4.24. The summed E-state index contributed by atoms with van der Waals surface area (Å²) in [6.07, 6.45) is -0.810. The van der Waals surface area contributed by atoms with Gasteiger partial charge in [-0.15, -0.1) is 0 Å². The molecule has 2 atom stereocenters. The molecule has 0 saturated heterocycles. The standard InChI is InChI=1S/C15H24F3N3/c1-11-10-12(2)21(20-11)9-5-8-19-14-7-4-3-6-13(14)15(16,17)18/h10,13-14,19H,3-9H2,1-2H3. The van der Waals surface area contributed by atoms with Crippen LogP contribution in [0.4, 0.5) is 13.2 Å². The molecular weight excluding hydrogens is 279 g/mol. The lowest BCUT2D eigenvalue weighted by atomic mass is 9.84. The van der Waals surface area contributed by atoms with E-state index in [1.165, 1.54) is 0 Å². The molecule has 1 aromatic rings. The van der Waals surface area contributed by atoms with Crippen LogP contribution in [0.3, 0.4) is 0 Å². The highest BCUT2D eigenvalue weighted by atomic mass is 19.4. The van der Waals surface area contributed by atoms with Crippen molar-refractivity contribution in [2.24, 2.45) is 5.92 Å². The average molecular weight is 303 g/mol. The quantitative estimate of drug-likeness (QED) is 0.842. The maximum Gasteiger partial charge on any atom is 0.393 e. The van der Waals surface area contributed by atoms with Gasteiger partial charge >= 0.3 is 6.18 Å². The third-order valence-electron chi connectivity index (χ3n) is 4.24. The number of hydrogen-bond acceptors (Lipinski definition) is 2. The number of alkyl halides is 3. The first kappa shape index (κ1) is 16.3. The lowest BCUT2D eigenvalue weighted by molar-refractivity contribution is -0.188. The van der Waals surface area contributed by atoms with Crippen molar-refractivity contribution in [2.75, 3.05) is 6.54 Å². The summed E-state index contributed by atoms with van der Waals surface area (Å²) in [6, 6.07) is 1.59. The van der Waals surface area contributed by atoms with Crippen LogP contribution in [0.5, 0.6) is 0 Å². The van der Waals surface area contributed by atoms with Gasteiger partial charge in [0.25, 0.3) is 0 Å². The van der Waals surface area contributed by atoms with Crippen molar-refractivity contribution in [3.8, 4) is 0 Å². The molecule has 0 aromatic carbocycles. The van der Waals surface area contributed by atoms with Crippen LogP contribution in [0.25, 0.3) is 0 Å². The monoisotopic (exact) mass is 303 g/mol. The topological polar surface area (TPSA) is 29.9 Å². The molecular formula is C15H24F3N3. The summed E-state index contributed by atoms with van der Waals surface area (Å²) < 4.78 is 40.8. The van der Waals surface area contributed by atoms with E-state index < -0.39 is 18.1 Å². The number of nitrogens with zero attached hydrogens (tertiary/aromatic N) is 2. The van der Waals surface area contributed by atoms with Crippen molar-refractivity contribution in [1.82, 2.24) is 15.1 Å². The van der Waals surface area contributed by atoms with Crippen molar-refractivity contribution >= 4 is 0 Å². The summed E-state index contributed by atoms with van der Waals surface area (Å²) >= 11 is 0. The number of halogens is 3. The van der Waals surface area contributed by atoms with Crippen molar-refractivity contribution < 1.29 is 13.2 Å². The molecule has 2 rings (SSSR count). The van der Waals surface area contributed by atoms with Gasteiger partial charge in [-0.25, -0.2) is 0 Å². The molecule has 0 bridgehead atoms. The summed E-state index contributed by atoms with van der Waals surface area (Å²) in [7, 11) is 0. The first-order valence-corrected chi connectivity index (χ1v) is 7.69. The predicted molar refractivity (Wildman–Crippen MR) is 76.1 cm³/mol. The van der Waals surface area contributed by atoms with Gasteiger partial charge in [0, 0.05) is 18.3 Å². The highest BCUT2D eigenvalue weighted by Crippen LogP contribution is 2.37. The Labute approximate surface area is 123 Å². The lowest BCUT2D eigenvalue weighted by Gasteiger charge is -2.33. The Balaban J connectivity index is 1.78. The molecule has 0 amide bonds. The van der Waals surface area contributed by atoms with Gasteiger partial charge in [0.15, 0.2) is 0 Å². The van der Waals surface area contributed by atoms with Gasteiger partial charge in [-0.05, 0) is 45.7 Å². The Hall–Kier alpha value is -1.04. The molecule has 0 spiro atoms. The van der Waals surface area contributed by atoms with E-state index >= 15 is 0 Å². The van der Waals surface area contributed by atoms with Crippen LogP contribution in [0, 0.1) is 19.8 Å². The fourth-order valence-corrected chi connectivity index (χ4v) is 3.18. The Morgan fingerprint density at radius 1 is 1.29 bits per heavy atom. The molecule has 1 heterocycles. The van der Waals surface area contributed by atoms with Crippen LogP contribution < -0.4 is 5.32 Å². The van der Waals surface area contributed by atoms with Crippen LogP contribution in [-0.4, -0.2) is 28.5 Å². The van der Waals surface area contributed by atoms with Gasteiger partial charge in [-0.3, -0.25) is 4.68 Å². The van der Waals surface area contributed by atoms with Crippen molar-refractivity contribution in [1.29, 1.82) is 0 Å². The summed E-state index contributed by atoms with van der Waals surface area (Å²) in [5.41, 5.74) is 2.07. The molecule has 0 radical (unpaired) electrons. The Morgan fingerprint density at radius 2 is 2.00 bits per heavy atom. The highest BCUT2D eigenvalue weighted by molar-refractivity contribution is 5.06. The predicted octanol–water partition coefficient (Wildman–Crippen LogP) is 3.60. The van der Waals surface area contributed by atoms with Crippen molar-refractivity contribution in [3.63, 3.8) is 0 Å². The first-order chi connectivity index (χ1) is 9.88. The van der Waals surface area contributed by atoms with Crippen LogP contribution in [0.2, 0.25) is 0 Å². The number of hydrogen-bond donors (Lipinski definition) is 1. The first-order valence-electron chi connectivity index (χ1n) is 7.69. The Bertz CT molecular complexity index is 454. The Kier molecular flexibility index (Phi) is 5.30. The minimum Gasteiger partial charge on any atom is -0.313 e. The maximum absolute atomic E-state index is 13.0. The van der Waals surface area contributed by atoms with E-state index in [0.717, 1.165) is 30.8 Å². The molecule has 120 valence electrons. The van der Waals surface area contributed by atoms with E-state index in [1.54, 1.807) is 0 Å². The van der Waals surface area contributed by atoms with Crippen LogP contribution in [0.15, 0.2) is 6.07 Å². The number of aromatic nitrogens is 2. The van der Waals surface area contributed by atoms with E-state index in [-0.39, 0.29) is 6.42 Å². The molecule has 6 heteroatoms. The van der Waals surface area contributed by atoms with E-state index in [2.05, 4.69) is 10.4 Å². The van der Waals surface area contributed by atoms with Crippen LogP contribution >= 0.6 is 0 Å². The van der Waals surface area contributed by atoms with Gasteiger partial charge < -0.3 is 5.32 Å². The fourth-order valence-electron chi connectivity index (χ4n) is 3.18.